The standard InChI is InChI=1S/C21H18F4N2O4/c1-4-17(31-18-6-5-11(20(29)30)7-15(18)22)12-8-13-16(9-14(12)21(23,24)25)26-10(2)27(3)19(13)28/h5-9,17H,4H2,1-3H3,(H,29,30)/t17-/m0/s1. The third-order valence-electron chi connectivity index (χ3n) is 4.94. The van der Waals surface area contributed by atoms with Crippen LogP contribution in [0.1, 0.15) is 46.8 Å². The van der Waals surface area contributed by atoms with Crippen molar-refractivity contribution in [3.8, 4) is 5.75 Å². The lowest BCUT2D eigenvalue weighted by molar-refractivity contribution is -0.139. The fraction of sp³-hybridized carbons (Fsp3) is 0.286. The number of hydrogen-bond donors (Lipinski definition) is 1. The molecule has 1 N–H and O–H groups in total. The van der Waals surface area contributed by atoms with Gasteiger partial charge in [0, 0.05) is 12.6 Å². The van der Waals surface area contributed by atoms with Gasteiger partial charge in [-0.3, -0.25) is 9.36 Å². The first-order valence-electron chi connectivity index (χ1n) is 9.22. The summed E-state index contributed by atoms with van der Waals surface area (Å²) in [4.78, 5) is 27.6. The molecule has 0 radical (unpaired) electrons. The van der Waals surface area contributed by atoms with Crippen LogP contribution in [-0.4, -0.2) is 20.6 Å². The van der Waals surface area contributed by atoms with Gasteiger partial charge in [-0.2, -0.15) is 13.2 Å². The summed E-state index contributed by atoms with van der Waals surface area (Å²) >= 11 is 0. The van der Waals surface area contributed by atoms with Crippen molar-refractivity contribution >= 4 is 16.9 Å². The number of halogens is 4. The predicted octanol–water partition coefficient (Wildman–Crippen LogP) is 4.63. The Morgan fingerprint density at radius 1 is 1.26 bits per heavy atom. The van der Waals surface area contributed by atoms with Crippen LogP contribution < -0.4 is 10.3 Å². The van der Waals surface area contributed by atoms with E-state index >= 15 is 0 Å². The number of carbonyl (C=O) groups is 1. The van der Waals surface area contributed by atoms with Gasteiger partial charge in [0.2, 0.25) is 0 Å². The fourth-order valence-corrected chi connectivity index (χ4v) is 3.21. The number of carboxylic acids is 1. The second-order valence-electron chi connectivity index (χ2n) is 6.94. The van der Waals surface area contributed by atoms with E-state index in [1.165, 1.54) is 18.5 Å². The summed E-state index contributed by atoms with van der Waals surface area (Å²) in [6, 6.07) is 4.71. The number of carboxylic acid groups (broad SMARTS) is 1. The van der Waals surface area contributed by atoms with E-state index in [4.69, 9.17) is 9.84 Å². The predicted molar refractivity (Wildman–Crippen MR) is 104 cm³/mol. The van der Waals surface area contributed by atoms with Crippen molar-refractivity contribution in [2.45, 2.75) is 32.5 Å². The largest absolute Gasteiger partial charge is 0.483 e. The van der Waals surface area contributed by atoms with E-state index in [0.717, 1.165) is 30.3 Å². The first kappa shape index (κ1) is 22.3. The van der Waals surface area contributed by atoms with Crippen molar-refractivity contribution in [1.82, 2.24) is 9.55 Å². The smallest absolute Gasteiger partial charge is 0.416 e. The van der Waals surface area contributed by atoms with Gasteiger partial charge in [-0.15, -0.1) is 0 Å². The summed E-state index contributed by atoms with van der Waals surface area (Å²) in [7, 11) is 1.45. The SMILES string of the molecule is CC[C@H](Oc1ccc(C(=O)O)cc1F)c1cc2c(=O)n(C)c(C)nc2cc1C(F)(F)F. The van der Waals surface area contributed by atoms with E-state index in [9.17, 15) is 27.2 Å². The van der Waals surface area contributed by atoms with Gasteiger partial charge in [0.1, 0.15) is 11.9 Å². The minimum absolute atomic E-state index is 0.0221. The Morgan fingerprint density at radius 3 is 2.48 bits per heavy atom. The van der Waals surface area contributed by atoms with Crippen LogP contribution in [0.25, 0.3) is 10.9 Å². The van der Waals surface area contributed by atoms with Gasteiger partial charge in [-0.1, -0.05) is 6.92 Å². The molecule has 6 nitrogen and oxygen atoms in total. The summed E-state index contributed by atoms with van der Waals surface area (Å²) in [5, 5.41) is 8.90. The molecule has 0 amide bonds. The number of nitrogens with zero attached hydrogens (tertiary/aromatic N) is 2. The summed E-state index contributed by atoms with van der Waals surface area (Å²) < 4.78 is 62.4. The minimum Gasteiger partial charge on any atom is -0.483 e. The van der Waals surface area contributed by atoms with Crippen LogP contribution in [0.2, 0.25) is 0 Å². The van der Waals surface area contributed by atoms with E-state index in [1.54, 1.807) is 6.92 Å². The van der Waals surface area contributed by atoms with Crippen molar-refractivity contribution in [1.29, 1.82) is 0 Å². The first-order chi connectivity index (χ1) is 14.4. The van der Waals surface area contributed by atoms with Gasteiger partial charge in [0.25, 0.3) is 5.56 Å². The topological polar surface area (TPSA) is 81.4 Å². The number of benzene rings is 2. The third kappa shape index (κ3) is 4.23. The Morgan fingerprint density at radius 2 is 1.94 bits per heavy atom. The van der Waals surface area contributed by atoms with Crippen LogP contribution in [-0.2, 0) is 13.2 Å². The molecule has 0 fully saturated rings. The number of alkyl halides is 3. The Hall–Kier alpha value is -3.43. The molecule has 0 aliphatic rings. The van der Waals surface area contributed by atoms with E-state index in [0.29, 0.717) is 0 Å². The van der Waals surface area contributed by atoms with Gasteiger partial charge in [-0.05, 0) is 43.7 Å². The quantitative estimate of drug-likeness (QED) is 0.588. The highest BCUT2D eigenvalue weighted by Gasteiger charge is 2.36. The normalized spacial score (nSPS) is 12.7. The molecular weight excluding hydrogens is 420 g/mol. The molecule has 0 bridgehead atoms. The van der Waals surface area contributed by atoms with Gasteiger partial charge in [0.05, 0.1) is 22.0 Å². The van der Waals surface area contributed by atoms with Gasteiger partial charge < -0.3 is 9.84 Å². The van der Waals surface area contributed by atoms with Crippen LogP contribution in [0, 0.1) is 12.7 Å². The molecule has 3 rings (SSSR count). The molecule has 164 valence electrons. The average Bonchev–Trinajstić information content (AvgIpc) is 2.70. The molecular formula is C21H18F4N2O4. The van der Waals surface area contributed by atoms with Crippen LogP contribution >= 0.6 is 0 Å². The molecule has 0 unspecified atom stereocenters. The molecule has 2 aromatic carbocycles. The molecule has 0 saturated carbocycles. The zero-order chi connectivity index (χ0) is 23.1. The van der Waals surface area contributed by atoms with E-state index in [-0.39, 0.29) is 34.3 Å². The molecule has 10 heteroatoms. The molecule has 1 atom stereocenters. The molecule has 1 heterocycles. The highest BCUT2D eigenvalue weighted by atomic mass is 19.4. The Kier molecular flexibility index (Phi) is 5.75. The minimum atomic E-state index is -4.78. The molecule has 0 aliphatic carbocycles. The zero-order valence-corrected chi connectivity index (χ0v) is 16.7. The maximum Gasteiger partial charge on any atom is 0.416 e. The van der Waals surface area contributed by atoms with Crippen molar-refractivity contribution in [2.75, 3.05) is 0 Å². The number of aromatic nitrogens is 2. The lowest BCUT2D eigenvalue weighted by atomic mass is 9.97. The maximum absolute atomic E-state index is 14.3. The Bertz CT molecular complexity index is 1230. The zero-order valence-electron chi connectivity index (χ0n) is 16.7. The third-order valence-corrected chi connectivity index (χ3v) is 4.94. The summed E-state index contributed by atoms with van der Waals surface area (Å²) in [6.45, 7) is 3.05. The molecule has 0 spiro atoms. The maximum atomic E-state index is 14.3. The fourth-order valence-electron chi connectivity index (χ4n) is 3.21. The Balaban J connectivity index is 2.18. The monoisotopic (exact) mass is 438 g/mol. The lowest BCUT2D eigenvalue weighted by Gasteiger charge is -2.23. The van der Waals surface area contributed by atoms with E-state index in [1.807, 2.05) is 0 Å². The van der Waals surface area contributed by atoms with Crippen molar-refractivity contribution in [3.63, 3.8) is 0 Å². The van der Waals surface area contributed by atoms with Crippen molar-refractivity contribution < 1.29 is 32.2 Å². The highest BCUT2D eigenvalue weighted by molar-refractivity contribution is 5.87. The summed E-state index contributed by atoms with van der Waals surface area (Å²) in [6.07, 6.45) is -6.01. The molecule has 31 heavy (non-hydrogen) atoms. The average molecular weight is 438 g/mol. The second-order valence-corrected chi connectivity index (χ2v) is 6.94. The van der Waals surface area contributed by atoms with Gasteiger partial charge in [0.15, 0.2) is 11.6 Å². The van der Waals surface area contributed by atoms with E-state index < -0.39 is 40.9 Å². The van der Waals surface area contributed by atoms with E-state index in [2.05, 4.69) is 4.98 Å². The number of fused-ring (bicyclic) bond motifs is 1. The van der Waals surface area contributed by atoms with Crippen LogP contribution in [0.5, 0.6) is 5.75 Å². The number of aromatic carboxylic acids is 1. The molecule has 3 aromatic rings. The number of rotatable bonds is 5. The van der Waals surface area contributed by atoms with Crippen LogP contribution in [0.4, 0.5) is 17.6 Å². The summed E-state index contributed by atoms with van der Waals surface area (Å²) in [5.74, 6) is -2.53. The molecule has 0 saturated heterocycles. The molecule has 1 aromatic heterocycles. The number of ether oxygens (including phenoxy) is 1. The van der Waals surface area contributed by atoms with Crippen molar-refractivity contribution in [2.24, 2.45) is 7.05 Å². The highest BCUT2D eigenvalue weighted by Crippen LogP contribution is 2.39. The van der Waals surface area contributed by atoms with Gasteiger partial charge >= 0.3 is 12.1 Å². The number of aryl methyl sites for hydroxylation is 1. The van der Waals surface area contributed by atoms with Crippen LogP contribution in [0.15, 0.2) is 35.1 Å². The van der Waals surface area contributed by atoms with Crippen LogP contribution in [0.3, 0.4) is 0 Å². The molecule has 0 aliphatic heterocycles. The number of hydrogen-bond acceptors (Lipinski definition) is 4. The Labute approximate surface area is 173 Å². The lowest BCUT2D eigenvalue weighted by Crippen LogP contribution is -2.23. The van der Waals surface area contributed by atoms with Gasteiger partial charge in [-0.25, -0.2) is 14.2 Å². The summed E-state index contributed by atoms with van der Waals surface area (Å²) in [5.41, 5.74) is -2.35. The van der Waals surface area contributed by atoms with Crippen molar-refractivity contribution in [3.05, 3.63) is 69.0 Å². The first-order valence-corrected chi connectivity index (χ1v) is 9.22. The second kappa shape index (κ2) is 8.01.